The maximum Gasteiger partial charge on any atom is 0.254 e. The molecule has 0 unspecified atom stereocenters. The zero-order chi connectivity index (χ0) is 12.7. The first-order valence-corrected chi connectivity index (χ1v) is 5.48. The molecule has 0 fully saturated rings. The van der Waals surface area contributed by atoms with Gasteiger partial charge in [0.15, 0.2) is 0 Å². The smallest absolute Gasteiger partial charge is 0.254 e. The number of aryl methyl sites for hydroxylation is 1. The molecule has 4 nitrogen and oxygen atoms in total. The average molecular weight is 240 g/mol. The molecule has 0 bridgehead atoms. The van der Waals surface area contributed by atoms with Gasteiger partial charge in [0, 0.05) is 13.1 Å². The molecule has 1 aromatic rings. The van der Waals surface area contributed by atoms with Gasteiger partial charge in [-0.1, -0.05) is 12.1 Å². The number of amides is 1. The molecule has 0 radical (unpaired) electrons. The summed E-state index contributed by atoms with van der Waals surface area (Å²) in [6, 6.07) is 4.73. The van der Waals surface area contributed by atoms with E-state index in [1.165, 1.54) is 6.07 Å². The van der Waals surface area contributed by atoms with Crippen LogP contribution in [0.3, 0.4) is 0 Å². The predicted octanol–water partition coefficient (Wildman–Crippen LogP) is 0.839. The molecule has 0 aromatic heterocycles. The molecule has 5 heteroatoms. The summed E-state index contributed by atoms with van der Waals surface area (Å²) in [6.07, 6.45) is 0. The number of benzene rings is 1. The van der Waals surface area contributed by atoms with Crippen LogP contribution in [0.4, 0.5) is 4.39 Å². The van der Waals surface area contributed by atoms with Crippen molar-refractivity contribution in [3.8, 4) is 0 Å². The Morgan fingerprint density at radius 1 is 1.47 bits per heavy atom. The maximum atomic E-state index is 13.6. The van der Waals surface area contributed by atoms with Crippen molar-refractivity contribution >= 4 is 5.91 Å². The number of carbonyl (C=O) groups excluding carboxylic acids is 1. The summed E-state index contributed by atoms with van der Waals surface area (Å²) in [4.78, 5) is 11.6. The van der Waals surface area contributed by atoms with Crippen LogP contribution in [0.2, 0.25) is 0 Å². The topological polar surface area (TPSA) is 64.3 Å². The minimum Gasteiger partial charge on any atom is -0.378 e. The summed E-state index contributed by atoms with van der Waals surface area (Å²) in [6.45, 7) is 3.23. The van der Waals surface area contributed by atoms with E-state index in [4.69, 9.17) is 10.5 Å². The molecule has 0 heterocycles. The second kappa shape index (κ2) is 6.98. The predicted molar refractivity (Wildman–Crippen MR) is 63.3 cm³/mol. The van der Waals surface area contributed by atoms with E-state index in [-0.39, 0.29) is 5.56 Å². The lowest BCUT2D eigenvalue weighted by Gasteiger charge is -2.07. The van der Waals surface area contributed by atoms with Crippen molar-refractivity contribution < 1.29 is 13.9 Å². The molecule has 0 spiro atoms. The van der Waals surface area contributed by atoms with Crippen molar-refractivity contribution in [3.05, 3.63) is 35.1 Å². The zero-order valence-corrected chi connectivity index (χ0v) is 9.83. The van der Waals surface area contributed by atoms with Gasteiger partial charge in [0.1, 0.15) is 5.82 Å². The van der Waals surface area contributed by atoms with Crippen LogP contribution in [0.1, 0.15) is 15.9 Å². The monoisotopic (exact) mass is 240 g/mol. The number of hydrogen-bond donors (Lipinski definition) is 2. The Morgan fingerprint density at radius 3 is 2.94 bits per heavy atom. The molecule has 0 aliphatic heterocycles. The highest BCUT2D eigenvalue weighted by atomic mass is 19.1. The van der Waals surface area contributed by atoms with Crippen LogP contribution in [-0.4, -0.2) is 32.2 Å². The molecule has 1 rings (SSSR count). The Labute approximate surface area is 100.0 Å². The van der Waals surface area contributed by atoms with E-state index < -0.39 is 11.7 Å². The number of nitrogens with one attached hydrogen (secondary N) is 1. The Morgan fingerprint density at radius 2 is 2.24 bits per heavy atom. The van der Waals surface area contributed by atoms with Crippen LogP contribution < -0.4 is 11.1 Å². The molecule has 0 aliphatic rings. The van der Waals surface area contributed by atoms with Gasteiger partial charge < -0.3 is 15.8 Å². The molecule has 0 saturated heterocycles. The fourth-order valence-corrected chi connectivity index (χ4v) is 1.34. The third-order valence-corrected chi connectivity index (χ3v) is 2.23. The van der Waals surface area contributed by atoms with Crippen molar-refractivity contribution in [1.29, 1.82) is 0 Å². The lowest BCUT2D eigenvalue weighted by Crippen LogP contribution is -2.28. The van der Waals surface area contributed by atoms with Gasteiger partial charge in [0.2, 0.25) is 0 Å². The van der Waals surface area contributed by atoms with E-state index in [0.29, 0.717) is 31.9 Å². The standard InChI is InChI=1S/C12H17FN2O2/c1-9-3-2-4-10(11(9)13)12(16)15-6-8-17-7-5-14/h2-4H,5-8,14H2,1H3,(H,15,16). The molecular weight excluding hydrogens is 223 g/mol. The summed E-state index contributed by atoms with van der Waals surface area (Å²) in [7, 11) is 0. The summed E-state index contributed by atoms with van der Waals surface area (Å²) in [5.41, 5.74) is 5.75. The van der Waals surface area contributed by atoms with Gasteiger partial charge >= 0.3 is 0 Å². The van der Waals surface area contributed by atoms with Gasteiger partial charge in [-0.15, -0.1) is 0 Å². The SMILES string of the molecule is Cc1cccc(C(=O)NCCOCCN)c1F. The molecular formula is C12H17FN2O2. The molecule has 3 N–H and O–H groups in total. The minimum absolute atomic E-state index is 0.0591. The van der Waals surface area contributed by atoms with E-state index in [1.807, 2.05) is 0 Å². The molecule has 94 valence electrons. The van der Waals surface area contributed by atoms with Crippen LogP contribution in [0, 0.1) is 12.7 Å². The number of ether oxygens (including phenoxy) is 1. The van der Waals surface area contributed by atoms with Crippen LogP contribution in [0.5, 0.6) is 0 Å². The zero-order valence-electron chi connectivity index (χ0n) is 9.83. The third-order valence-electron chi connectivity index (χ3n) is 2.23. The summed E-state index contributed by atoms with van der Waals surface area (Å²) >= 11 is 0. The third kappa shape index (κ3) is 4.13. The molecule has 1 aromatic carbocycles. The van der Waals surface area contributed by atoms with Crippen LogP contribution in [0.25, 0.3) is 0 Å². The number of nitrogens with two attached hydrogens (primary N) is 1. The number of halogens is 1. The largest absolute Gasteiger partial charge is 0.378 e. The van der Waals surface area contributed by atoms with Gasteiger partial charge in [-0.25, -0.2) is 4.39 Å². The van der Waals surface area contributed by atoms with E-state index >= 15 is 0 Å². The molecule has 1 amide bonds. The maximum absolute atomic E-state index is 13.6. The van der Waals surface area contributed by atoms with E-state index in [0.717, 1.165) is 0 Å². The van der Waals surface area contributed by atoms with Gasteiger partial charge in [-0.3, -0.25) is 4.79 Å². The van der Waals surface area contributed by atoms with Crippen molar-refractivity contribution in [3.63, 3.8) is 0 Å². The van der Waals surface area contributed by atoms with Crippen LogP contribution in [-0.2, 0) is 4.74 Å². The Hall–Kier alpha value is -1.46. The first-order valence-electron chi connectivity index (χ1n) is 5.48. The van der Waals surface area contributed by atoms with Gasteiger partial charge in [0.25, 0.3) is 5.91 Å². The second-order valence-electron chi connectivity index (χ2n) is 3.59. The molecule has 17 heavy (non-hydrogen) atoms. The van der Waals surface area contributed by atoms with Crippen molar-refractivity contribution in [2.75, 3.05) is 26.3 Å². The Bertz CT molecular complexity index is 383. The summed E-state index contributed by atoms with van der Waals surface area (Å²) in [5, 5.41) is 2.58. The van der Waals surface area contributed by atoms with Crippen LogP contribution in [0.15, 0.2) is 18.2 Å². The first-order chi connectivity index (χ1) is 8.16. The highest BCUT2D eigenvalue weighted by Crippen LogP contribution is 2.11. The molecule has 0 atom stereocenters. The fourth-order valence-electron chi connectivity index (χ4n) is 1.34. The minimum atomic E-state index is -0.479. The molecule has 0 aliphatic carbocycles. The molecule has 0 saturated carbocycles. The Balaban J connectivity index is 2.44. The van der Waals surface area contributed by atoms with Gasteiger partial charge in [0.05, 0.1) is 18.8 Å². The van der Waals surface area contributed by atoms with Gasteiger partial charge in [-0.05, 0) is 18.6 Å². The average Bonchev–Trinajstić information content (AvgIpc) is 2.32. The van der Waals surface area contributed by atoms with Crippen molar-refractivity contribution in [2.24, 2.45) is 5.73 Å². The fraction of sp³-hybridized carbons (Fsp3) is 0.417. The summed E-state index contributed by atoms with van der Waals surface area (Å²) in [5.74, 6) is -0.907. The number of hydrogen-bond acceptors (Lipinski definition) is 3. The number of rotatable bonds is 6. The highest BCUT2D eigenvalue weighted by molar-refractivity contribution is 5.94. The van der Waals surface area contributed by atoms with Crippen molar-refractivity contribution in [1.82, 2.24) is 5.32 Å². The van der Waals surface area contributed by atoms with Gasteiger partial charge in [-0.2, -0.15) is 0 Å². The summed E-state index contributed by atoms with van der Waals surface area (Å²) < 4.78 is 18.7. The normalized spacial score (nSPS) is 10.3. The van der Waals surface area contributed by atoms with E-state index in [9.17, 15) is 9.18 Å². The van der Waals surface area contributed by atoms with E-state index in [1.54, 1.807) is 19.1 Å². The quantitative estimate of drug-likeness (QED) is 0.724. The van der Waals surface area contributed by atoms with Crippen molar-refractivity contribution in [2.45, 2.75) is 6.92 Å². The highest BCUT2D eigenvalue weighted by Gasteiger charge is 2.11. The first kappa shape index (κ1) is 13.6. The second-order valence-corrected chi connectivity index (χ2v) is 3.59. The number of carbonyl (C=O) groups is 1. The Kier molecular flexibility index (Phi) is 5.59. The lowest BCUT2D eigenvalue weighted by molar-refractivity contribution is 0.0916. The van der Waals surface area contributed by atoms with E-state index in [2.05, 4.69) is 5.32 Å². The van der Waals surface area contributed by atoms with Crippen LogP contribution >= 0.6 is 0 Å². The lowest BCUT2D eigenvalue weighted by atomic mass is 10.1.